The van der Waals surface area contributed by atoms with Gasteiger partial charge in [-0.25, -0.2) is 0 Å². The van der Waals surface area contributed by atoms with Crippen LogP contribution in [-0.4, -0.2) is 30.0 Å². The highest BCUT2D eigenvalue weighted by molar-refractivity contribution is 6.40. The van der Waals surface area contributed by atoms with E-state index >= 15 is 0 Å². The molecule has 3 rings (SSSR count). The summed E-state index contributed by atoms with van der Waals surface area (Å²) < 4.78 is 0. The number of amides is 2. The average Bonchev–Trinajstić information content (AvgIpc) is 2.85. The highest BCUT2D eigenvalue weighted by Gasteiger charge is 2.24. The van der Waals surface area contributed by atoms with Gasteiger partial charge in [0.25, 0.3) is 0 Å². The highest BCUT2D eigenvalue weighted by atomic mass is 16.2. The number of rotatable bonds is 8. The van der Waals surface area contributed by atoms with Crippen molar-refractivity contribution in [2.75, 3.05) is 11.4 Å². The molecule has 0 bridgehead atoms. The molecule has 0 saturated carbocycles. The molecule has 3 aromatic rings. The summed E-state index contributed by atoms with van der Waals surface area (Å²) in [5.74, 6) is -1.24. The summed E-state index contributed by atoms with van der Waals surface area (Å²) in [6.45, 7) is 4.50. The molecule has 35 heavy (non-hydrogen) atoms. The number of nitrogen functional groups attached to an aromatic ring is 2. The van der Waals surface area contributed by atoms with Crippen molar-refractivity contribution >= 4 is 29.2 Å². The normalized spacial score (nSPS) is 10.6. The standard InChI is InChI=1S/C27H30N6O2/c1-17(2)16-33(27(35)26(34)32-15-18-4-3-5-22(14-18)25(30)31)23-12-10-20(11-13-23)19-6-8-21(9-7-19)24(28)29/h3-14,17H,15-16H2,1-2H3,(H3,28,29)(H3,30,31)(H,32,34). The second kappa shape index (κ2) is 11.1. The Bertz CT molecular complexity index is 1230. The lowest BCUT2D eigenvalue weighted by Gasteiger charge is -2.24. The van der Waals surface area contributed by atoms with Crippen LogP contribution >= 0.6 is 0 Å². The van der Waals surface area contributed by atoms with Crippen molar-refractivity contribution in [3.05, 3.63) is 89.5 Å². The lowest BCUT2D eigenvalue weighted by molar-refractivity contribution is -0.137. The molecule has 0 heterocycles. The van der Waals surface area contributed by atoms with Gasteiger partial charge in [0.2, 0.25) is 0 Å². The second-order valence-electron chi connectivity index (χ2n) is 8.64. The molecular weight excluding hydrogens is 440 g/mol. The minimum Gasteiger partial charge on any atom is -0.384 e. The Morgan fingerprint density at radius 1 is 0.857 bits per heavy atom. The molecule has 0 atom stereocenters. The molecule has 3 aromatic carbocycles. The van der Waals surface area contributed by atoms with Crippen LogP contribution in [0.5, 0.6) is 0 Å². The number of carbonyl (C=O) groups is 2. The van der Waals surface area contributed by atoms with Crippen molar-refractivity contribution < 1.29 is 9.59 Å². The van der Waals surface area contributed by atoms with Gasteiger partial charge >= 0.3 is 11.8 Å². The number of hydrogen-bond donors (Lipinski definition) is 5. The Morgan fingerprint density at radius 3 is 1.97 bits per heavy atom. The van der Waals surface area contributed by atoms with Crippen LogP contribution in [0.1, 0.15) is 30.5 Å². The number of benzene rings is 3. The quantitative estimate of drug-likeness (QED) is 0.195. The molecule has 0 unspecified atom stereocenters. The van der Waals surface area contributed by atoms with Gasteiger partial charge in [0.15, 0.2) is 0 Å². The number of carbonyl (C=O) groups excluding carboxylic acids is 2. The van der Waals surface area contributed by atoms with Crippen molar-refractivity contribution in [2.24, 2.45) is 17.4 Å². The zero-order valence-corrected chi connectivity index (χ0v) is 19.8. The predicted octanol–water partition coefficient (Wildman–Crippen LogP) is 3.23. The molecule has 0 saturated heterocycles. The van der Waals surface area contributed by atoms with E-state index in [0.29, 0.717) is 23.4 Å². The van der Waals surface area contributed by atoms with Crippen molar-refractivity contribution in [2.45, 2.75) is 20.4 Å². The first kappa shape index (κ1) is 25.2. The van der Waals surface area contributed by atoms with Gasteiger partial charge in [-0.15, -0.1) is 0 Å². The first-order valence-corrected chi connectivity index (χ1v) is 11.2. The minimum atomic E-state index is -0.706. The topological polar surface area (TPSA) is 149 Å². The van der Waals surface area contributed by atoms with Gasteiger partial charge in [-0.1, -0.05) is 68.4 Å². The number of amidine groups is 2. The van der Waals surface area contributed by atoms with Crippen LogP contribution < -0.4 is 21.7 Å². The predicted molar refractivity (Wildman–Crippen MR) is 139 cm³/mol. The maximum absolute atomic E-state index is 13.1. The van der Waals surface area contributed by atoms with Crippen LogP contribution in [0.3, 0.4) is 0 Å². The summed E-state index contributed by atoms with van der Waals surface area (Å²) in [6, 6.07) is 21.7. The second-order valence-corrected chi connectivity index (χ2v) is 8.64. The smallest absolute Gasteiger partial charge is 0.316 e. The van der Waals surface area contributed by atoms with Gasteiger partial charge in [0.05, 0.1) is 0 Å². The largest absolute Gasteiger partial charge is 0.384 e. The number of anilines is 1. The van der Waals surface area contributed by atoms with Crippen LogP contribution in [0.15, 0.2) is 72.8 Å². The van der Waals surface area contributed by atoms with Gasteiger partial charge in [-0.05, 0) is 40.8 Å². The van der Waals surface area contributed by atoms with Gasteiger partial charge in [-0.3, -0.25) is 20.4 Å². The molecule has 7 N–H and O–H groups in total. The Hall–Kier alpha value is -4.46. The summed E-state index contributed by atoms with van der Waals surface area (Å²) in [7, 11) is 0. The number of hydrogen-bond acceptors (Lipinski definition) is 4. The van der Waals surface area contributed by atoms with E-state index < -0.39 is 11.8 Å². The molecular formula is C27H30N6O2. The molecule has 8 heteroatoms. The summed E-state index contributed by atoms with van der Waals surface area (Å²) in [6.07, 6.45) is 0. The molecule has 0 radical (unpaired) electrons. The highest BCUT2D eigenvalue weighted by Crippen LogP contribution is 2.24. The summed E-state index contributed by atoms with van der Waals surface area (Å²) in [5.41, 5.74) is 15.5. The average molecular weight is 471 g/mol. The third-order valence-electron chi connectivity index (χ3n) is 5.39. The molecule has 8 nitrogen and oxygen atoms in total. The van der Waals surface area contributed by atoms with E-state index in [1.165, 1.54) is 4.90 Å². The molecule has 0 aromatic heterocycles. The van der Waals surface area contributed by atoms with Crippen molar-refractivity contribution in [3.8, 4) is 11.1 Å². The molecule has 0 fully saturated rings. The molecule has 0 aliphatic heterocycles. The third-order valence-corrected chi connectivity index (χ3v) is 5.39. The van der Waals surface area contributed by atoms with E-state index in [4.69, 9.17) is 22.3 Å². The lowest BCUT2D eigenvalue weighted by atomic mass is 10.0. The van der Waals surface area contributed by atoms with Crippen LogP contribution in [0.2, 0.25) is 0 Å². The SMILES string of the molecule is CC(C)CN(C(=O)C(=O)NCc1cccc(C(=N)N)c1)c1ccc(-c2ccc(C(=N)N)cc2)cc1. The fraction of sp³-hybridized carbons (Fsp3) is 0.185. The number of nitrogens with zero attached hydrogens (tertiary/aromatic N) is 1. The van der Waals surface area contributed by atoms with Gasteiger partial charge < -0.3 is 21.7 Å². The Labute approximate surface area is 205 Å². The first-order valence-electron chi connectivity index (χ1n) is 11.2. The van der Waals surface area contributed by atoms with E-state index in [0.717, 1.165) is 16.7 Å². The Morgan fingerprint density at radius 2 is 1.43 bits per heavy atom. The van der Waals surface area contributed by atoms with Gasteiger partial charge in [0.1, 0.15) is 11.7 Å². The van der Waals surface area contributed by atoms with Crippen molar-refractivity contribution in [3.63, 3.8) is 0 Å². The lowest BCUT2D eigenvalue weighted by Crippen LogP contribution is -2.44. The first-order chi connectivity index (χ1) is 16.7. The van der Waals surface area contributed by atoms with Crippen LogP contribution in [0, 0.1) is 16.7 Å². The number of nitrogens with one attached hydrogen (secondary N) is 3. The van der Waals surface area contributed by atoms with E-state index in [2.05, 4.69) is 5.32 Å². The Balaban J connectivity index is 1.74. The maximum Gasteiger partial charge on any atom is 0.316 e. The van der Waals surface area contributed by atoms with Crippen molar-refractivity contribution in [1.29, 1.82) is 10.8 Å². The molecule has 2 amide bonds. The van der Waals surface area contributed by atoms with Crippen LogP contribution in [0.25, 0.3) is 11.1 Å². The number of nitrogens with two attached hydrogens (primary N) is 2. The van der Waals surface area contributed by atoms with Crippen LogP contribution in [-0.2, 0) is 16.1 Å². The van der Waals surface area contributed by atoms with E-state index in [-0.39, 0.29) is 24.1 Å². The van der Waals surface area contributed by atoms with Crippen LogP contribution in [0.4, 0.5) is 5.69 Å². The van der Waals surface area contributed by atoms with E-state index in [1.54, 1.807) is 36.4 Å². The van der Waals surface area contributed by atoms with Gasteiger partial charge in [-0.2, -0.15) is 0 Å². The fourth-order valence-electron chi connectivity index (χ4n) is 3.58. The monoisotopic (exact) mass is 470 g/mol. The van der Waals surface area contributed by atoms with E-state index in [9.17, 15) is 9.59 Å². The maximum atomic E-state index is 13.1. The zero-order valence-electron chi connectivity index (χ0n) is 19.8. The molecule has 180 valence electrons. The van der Waals surface area contributed by atoms with E-state index in [1.807, 2.05) is 50.2 Å². The van der Waals surface area contributed by atoms with Crippen molar-refractivity contribution in [1.82, 2.24) is 5.32 Å². The summed E-state index contributed by atoms with van der Waals surface area (Å²) in [4.78, 5) is 27.3. The fourth-order valence-corrected chi connectivity index (χ4v) is 3.58. The minimum absolute atomic E-state index is 0.0135. The van der Waals surface area contributed by atoms with Gasteiger partial charge in [0, 0.05) is 29.9 Å². The zero-order chi connectivity index (χ0) is 25.5. The summed E-state index contributed by atoms with van der Waals surface area (Å²) in [5, 5.41) is 17.7. The molecule has 0 aliphatic rings. The molecule has 0 aliphatic carbocycles. The summed E-state index contributed by atoms with van der Waals surface area (Å²) >= 11 is 0. The Kier molecular flexibility index (Phi) is 7.99. The third kappa shape index (κ3) is 6.54. The molecule has 0 spiro atoms.